The van der Waals surface area contributed by atoms with E-state index in [1.807, 2.05) is 19.9 Å². The summed E-state index contributed by atoms with van der Waals surface area (Å²) < 4.78 is 27.8. The Labute approximate surface area is 153 Å². The van der Waals surface area contributed by atoms with Crippen molar-refractivity contribution in [3.8, 4) is 0 Å². The van der Waals surface area contributed by atoms with Crippen LogP contribution in [0.3, 0.4) is 0 Å². The van der Waals surface area contributed by atoms with Crippen LogP contribution in [0, 0.1) is 6.92 Å². The molecule has 2 rings (SSSR count). The molecule has 7 heteroatoms. The van der Waals surface area contributed by atoms with Crippen LogP contribution in [0.2, 0.25) is 5.02 Å². The molecule has 5 nitrogen and oxygen atoms in total. The third-order valence-electron chi connectivity index (χ3n) is 3.57. The van der Waals surface area contributed by atoms with Crippen LogP contribution in [0.25, 0.3) is 0 Å². The van der Waals surface area contributed by atoms with Crippen molar-refractivity contribution in [1.82, 2.24) is 5.32 Å². The Bertz CT molecular complexity index is 866. The van der Waals surface area contributed by atoms with E-state index in [9.17, 15) is 13.2 Å². The first-order chi connectivity index (χ1) is 11.8. The van der Waals surface area contributed by atoms with Crippen LogP contribution in [0.5, 0.6) is 0 Å². The summed E-state index contributed by atoms with van der Waals surface area (Å²) in [6.45, 7) is 4.43. The molecule has 2 N–H and O–H groups in total. The zero-order chi connectivity index (χ0) is 18.4. The van der Waals surface area contributed by atoms with Crippen LogP contribution in [0.1, 0.15) is 35.7 Å². The number of anilines is 1. The fourth-order valence-corrected chi connectivity index (χ4v) is 3.83. The summed E-state index contributed by atoms with van der Waals surface area (Å²) in [5, 5.41) is 2.82. The van der Waals surface area contributed by atoms with Crippen LogP contribution in [0.15, 0.2) is 47.4 Å². The van der Waals surface area contributed by atoms with E-state index in [0.29, 0.717) is 12.2 Å². The molecule has 134 valence electrons. The second kappa shape index (κ2) is 8.36. The van der Waals surface area contributed by atoms with E-state index >= 15 is 0 Å². The number of hydrogen-bond donors (Lipinski definition) is 2. The number of nitrogens with one attached hydrogen (secondary N) is 2. The lowest BCUT2D eigenvalue weighted by atomic mass is 10.2. The molecule has 0 radical (unpaired) electrons. The van der Waals surface area contributed by atoms with Crippen molar-refractivity contribution in [2.75, 3.05) is 11.3 Å². The molecule has 0 aliphatic carbocycles. The lowest BCUT2D eigenvalue weighted by Crippen LogP contribution is -2.24. The average Bonchev–Trinajstić information content (AvgIpc) is 2.54. The van der Waals surface area contributed by atoms with Crippen molar-refractivity contribution in [2.45, 2.75) is 31.6 Å². The van der Waals surface area contributed by atoms with Gasteiger partial charge in [-0.2, -0.15) is 0 Å². The van der Waals surface area contributed by atoms with Gasteiger partial charge in [0, 0.05) is 17.8 Å². The topological polar surface area (TPSA) is 75.3 Å². The largest absolute Gasteiger partial charge is 0.352 e. The van der Waals surface area contributed by atoms with Gasteiger partial charge >= 0.3 is 0 Å². The molecule has 0 spiro atoms. The van der Waals surface area contributed by atoms with Crippen LogP contribution in [0.4, 0.5) is 5.69 Å². The Kier molecular flexibility index (Phi) is 6.45. The molecular formula is C18H21ClN2O3S. The molecule has 0 saturated heterocycles. The Morgan fingerprint density at radius 1 is 1.16 bits per heavy atom. The predicted molar refractivity (Wildman–Crippen MR) is 101 cm³/mol. The minimum atomic E-state index is -3.90. The summed E-state index contributed by atoms with van der Waals surface area (Å²) in [5.41, 5.74) is 1.62. The Morgan fingerprint density at radius 2 is 1.92 bits per heavy atom. The summed E-state index contributed by atoms with van der Waals surface area (Å²) in [5.74, 6) is -0.322. The van der Waals surface area contributed by atoms with E-state index in [-0.39, 0.29) is 21.4 Å². The van der Waals surface area contributed by atoms with Gasteiger partial charge in [0.15, 0.2) is 0 Å². The molecule has 0 aliphatic heterocycles. The van der Waals surface area contributed by atoms with Gasteiger partial charge in [-0.3, -0.25) is 9.52 Å². The van der Waals surface area contributed by atoms with Gasteiger partial charge in [-0.25, -0.2) is 8.42 Å². The van der Waals surface area contributed by atoms with Gasteiger partial charge in [0.05, 0.1) is 5.02 Å². The van der Waals surface area contributed by atoms with E-state index in [1.165, 1.54) is 18.2 Å². The van der Waals surface area contributed by atoms with Gasteiger partial charge in [-0.15, -0.1) is 0 Å². The normalized spacial score (nSPS) is 11.2. The number of sulfonamides is 1. The molecular weight excluding hydrogens is 360 g/mol. The smallest absolute Gasteiger partial charge is 0.263 e. The fraction of sp³-hybridized carbons (Fsp3) is 0.278. The van der Waals surface area contributed by atoms with Crippen LogP contribution >= 0.6 is 11.6 Å². The van der Waals surface area contributed by atoms with Gasteiger partial charge in [0.25, 0.3) is 15.9 Å². The highest BCUT2D eigenvalue weighted by Gasteiger charge is 2.20. The van der Waals surface area contributed by atoms with Gasteiger partial charge in [-0.05, 0) is 49.2 Å². The number of amides is 1. The highest BCUT2D eigenvalue weighted by atomic mass is 35.5. The first kappa shape index (κ1) is 19.3. The number of halogens is 1. The first-order valence-electron chi connectivity index (χ1n) is 8.00. The molecule has 2 aromatic carbocycles. The molecule has 25 heavy (non-hydrogen) atoms. The SMILES string of the molecule is CCCCNC(=O)c1ccc(Cl)c(S(=O)(=O)Nc2cccc(C)c2)c1. The van der Waals surface area contributed by atoms with E-state index < -0.39 is 10.0 Å². The Balaban J connectivity index is 2.27. The second-order valence-corrected chi connectivity index (χ2v) is 7.79. The molecule has 0 heterocycles. The van der Waals surface area contributed by atoms with Gasteiger partial charge in [0.2, 0.25) is 0 Å². The number of hydrogen-bond acceptors (Lipinski definition) is 3. The van der Waals surface area contributed by atoms with Crippen molar-refractivity contribution in [3.63, 3.8) is 0 Å². The number of carbonyl (C=O) groups excluding carboxylic acids is 1. The van der Waals surface area contributed by atoms with E-state index in [1.54, 1.807) is 18.2 Å². The van der Waals surface area contributed by atoms with Crippen molar-refractivity contribution in [1.29, 1.82) is 0 Å². The predicted octanol–water partition coefficient (Wildman–Crippen LogP) is 3.98. The quantitative estimate of drug-likeness (QED) is 0.713. The minimum absolute atomic E-state index is 0.0604. The standard InChI is InChI=1S/C18H21ClN2O3S/c1-3-4-10-20-18(22)14-8-9-16(19)17(12-14)25(23,24)21-15-7-5-6-13(2)11-15/h5-9,11-12,21H,3-4,10H2,1-2H3,(H,20,22). The van der Waals surface area contributed by atoms with Crippen molar-refractivity contribution in [3.05, 3.63) is 58.6 Å². The molecule has 2 aromatic rings. The third-order valence-corrected chi connectivity index (χ3v) is 5.43. The third kappa shape index (κ3) is 5.21. The zero-order valence-corrected chi connectivity index (χ0v) is 15.7. The molecule has 0 atom stereocenters. The Hall–Kier alpha value is -2.05. The molecule has 0 unspecified atom stereocenters. The summed E-state index contributed by atoms with van der Waals surface area (Å²) in [6.07, 6.45) is 1.82. The lowest BCUT2D eigenvalue weighted by molar-refractivity contribution is 0.0953. The number of carbonyl (C=O) groups is 1. The fourth-order valence-electron chi connectivity index (χ4n) is 2.25. The number of rotatable bonds is 7. The number of unbranched alkanes of at least 4 members (excludes halogenated alkanes) is 1. The van der Waals surface area contributed by atoms with Crippen molar-refractivity contribution >= 4 is 33.2 Å². The molecule has 0 fully saturated rings. The van der Waals surface area contributed by atoms with Gasteiger partial charge < -0.3 is 5.32 Å². The first-order valence-corrected chi connectivity index (χ1v) is 9.87. The molecule has 0 aliphatic rings. The Morgan fingerprint density at radius 3 is 2.60 bits per heavy atom. The summed E-state index contributed by atoms with van der Waals surface area (Å²) >= 11 is 6.06. The van der Waals surface area contributed by atoms with E-state index in [4.69, 9.17) is 11.6 Å². The molecule has 0 bridgehead atoms. The number of benzene rings is 2. The molecule has 0 saturated carbocycles. The van der Waals surface area contributed by atoms with Gasteiger partial charge in [-0.1, -0.05) is 37.1 Å². The summed E-state index contributed by atoms with van der Waals surface area (Å²) in [6, 6.07) is 11.2. The highest BCUT2D eigenvalue weighted by Crippen LogP contribution is 2.25. The molecule has 0 aromatic heterocycles. The average molecular weight is 381 g/mol. The monoisotopic (exact) mass is 380 g/mol. The number of aryl methyl sites for hydroxylation is 1. The minimum Gasteiger partial charge on any atom is -0.352 e. The van der Waals surface area contributed by atoms with E-state index in [0.717, 1.165) is 18.4 Å². The zero-order valence-electron chi connectivity index (χ0n) is 14.2. The summed E-state index contributed by atoms with van der Waals surface area (Å²) in [7, 11) is -3.90. The summed E-state index contributed by atoms with van der Waals surface area (Å²) in [4.78, 5) is 12.0. The molecule has 1 amide bonds. The van der Waals surface area contributed by atoms with Crippen molar-refractivity contribution in [2.24, 2.45) is 0 Å². The van der Waals surface area contributed by atoms with Crippen LogP contribution < -0.4 is 10.0 Å². The second-order valence-electron chi connectivity index (χ2n) is 5.73. The maximum Gasteiger partial charge on any atom is 0.263 e. The van der Waals surface area contributed by atoms with Crippen molar-refractivity contribution < 1.29 is 13.2 Å². The van der Waals surface area contributed by atoms with Crippen LogP contribution in [-0.2, 0) is 10.0 Å². The maximum absolute atomic E-state index is 12.6. The lowest BCUT2D eigenvalue weighted by Gasteiger charge is -2.12. The highest BCUT2D eigenvalue weighted by molar-refractivity contribution is 7.92. The maximum atomic E-state index is 12.6. The van der Waals surface area contributed by atoms with Crippen LogP contribution in [-0.4, -0.2) is 20.9 Å². The van der Waals surface area contributed by atoms with Gasteiger partial charge in [0.1, 0.15) is 4.90 Å². The van der Waals surface area contributed by atoms with E-state index in [2.05, 4.69) is 10.0 Å².